The van der Waals surface area contributed by atoms with Crippen molar-refractivity contribution in [3.8, 4) is 5.75 Å². The standard InChI is InChI=1S/C11H12N4O2S/c1-16-7-2-3-8(11(12)18)9(4-7)13-5-10-14-6-17-15-10/h2-4,6,13H,5H2,1H3,(H2,12,18). The van der Waals surface area contributed by atoms with Gasteiger partial charge < -0.3 is 20.3 Å². The molecule has 0 aliphatic heterocycles. The van der Waals surface area contributed by atoms with Gasteiger partial charge in [-0.3, -0.25) is 0 Å². The number of hydrogen-bond acceptors (Lipinski definition) is 6. The lowest BCUT2D eigenvalue weighted by molar-refractivity contribution is 0.410. The molecule has 0 aliphatic carbocycles. The third kappa shape index (κ3) is 2.75. The Morgan fingerprint density at radius 1 is 1.56 bits per heavy atom. The van der Waals surface area contributed by atoms with Gasteiger partial charge in [-0.1, -0.05) is 17.4 Å². The van der Waals surface area contributed by atoms with Crippen molar-refractivity contribution in [2.24, 2.45) is 5.73 Å². The zero-order chi connectivity index (χ0) is 13.0. The highest BCUT2D eigenvalue weighted by Gasteiger charge is 2.08. The first-order valence-corrected chi connectivity index (χ1v) is 5.58. The highest BCUT2D eigenvalue weighted by molar-refractivity contribution is 7.80. The lowest BCUT2D eigenvalue weighted by Crippen LogP contribution is -2.13. The molecule has 0 fully saturated rings. The third-order valence-corrected chi connectivity index (χ3v) is 2.56. The van der Waals surface area contributed by atoms with Gasteiger partial charge in [0.25, 0.3) is 0 Å². The number of ether oxygens (including phenoxy) is 1. The van der Waals surface area contributed by atoms with Gasteiger partial charge in [0.1, 0.15) is 10.7 Å². The van der Waals surface area contributed by atoms with Crippen LogP contribution in [-0.4, -0.2) is 22.2 Å². The molecule has 0 aliphatic rings. The van der Waals surface area contributed by atoms with Crippen molar-refractivity contribution in [2.75, 3.05) is 12.4 Å². The average Bonchev–Trinajstić information content (AvgIpc) is 2.88. The highest BCUT2D eigenvalue weighted by atomic mass is 32.1. The number of aromatic nitrogens is 2. The van der Waals surface area contributed by atoms with Gasteiger partial charge >= 0.3 is 0 Å². The summed E-state index contributed by atoms with van der Waals surface area (Å²) in [6, 6.07) is 5.42. The summed E-state index contributed by atoms with van der Waals surface area (Å²) >= 11 is 4.99. The van der Waals surface area contributed by atoms with Gasteiger partial charge in [0.05, 0.1) is 13.7 Å². The molecule has 3 N–H and O–H groups in total. The van der Waals surface area contributed by atoms with Crippen LogP contribution in [0, 0.1) is 0 Å². The van der Waals surface area contributed by atoms with Crippen molar-refractivity contribution < 1.29 is 9.26 Å². The SMILES string of the molecule is COc1ccc(C(N)=S)c(NCc2ncon2)c1. The Balaban J connectivity index is 2.20. The van der Waals surface area contributed by atoms with Crippen LogP contribution in [0.1, 0.15) is 11.4 Å². The van der Waals surface area contributed by atoms with Gasteiger partial charge in [0, 0.05) is 17.3 Å². The van der Waals surface area contributed by atoms with E-state index in [2.05, 4.69) is 20.0 Å². The molecule has 0 saturated heterocycles. The normalized spacial score (nSPS) is 10.1. The van der Waals surface area contributed by atoms with Gasteiger partial charge in [-0.15, -0.1) is 0 Å². The zero-order valence-corrected chi connectivity index (χ0v) is 10.5. The predicted molar refractivity (Wildman–Crippen MR) is 70.5 cm³/mol. The van der Waals surface area contributed by atoms with Crippen LogP contribution < -0.4 is 15.8 Å². The maximum absolute atomic E-state index is 5.66. The van der Waals surface area contributed by atoms with Crippen LogP contribution in [0.2, 0.25) is 0 Å². The number of nitrogens with one attached hydrogen (secondary N) is 1. The van der Waals surface area contributed by atoms with Crippen LogP contribution in [-0.2, 0) is 6.54 Å². The molecule has 0 bridgehead atoms. The summed E-state index contributed by atoms with van der Waals surface area (Å²) in [6.45, 7) is 0.416. The minimum Gasteiger partial charge on any atom is -0.497 e. The van der Waals surface area contributed by atoms with Gasteiger partial charge in [0.2, 0.25) is 6.39 Å². The molecule has 2 aromatic rings. The molecule has 0 atom stereocenters. The first kappa shape index (κ1) is 12.3. The summed E-state index contributed by atoms with van der Waals surface area (Å²) in [6.07, 6.45) is 1.27. The Morgan fingerprint density at radius 3 is 3.00 bits per heavy atom. The lowest BCUT2D eigenvalue weighted by atomic mass is 10.1. The van der Waals surface area contributed by atoms with E-state index in [0.717, 1.165) is 11.3 Å². The van der Waals surface area contributed by atoms with Crippen molar-refractivity contribution >= 4 is 22.9 Å². The number of nitrogens with zero attached hydrogens (tertiary/aromatic N) is 2. The van der Waals surface area contributed by atoms with Crippen LogP contribution >= 0.6 is 12.2 Å². The molecule has 2 rings (SSSR count). The maximum Gasteiger partial charge on any atom is 0.213 e. The Bertz CT molecular complexity index is 542. The van der Waals surface area contributed by atoms with Crippen molar-refractivity contribution in [1.82, 2.24) is 10.1 Å². The fraction of sp³-hybridized carbons (Fsp3) is 0.182. The predicted octanol–water partition coefficient (Wildman–Crippen LogP) is 1.32. The first-order chi connectivity index (χ1) is 8.70. The highest BCUT2D eigenvalue weighted by Crippen LogP contribution is 2.22. The molecule has 0 saturated carbocycles. The van der Waals surface area contributed by atoms with E-state index in [1.165, 1.54) is 6.39 Å². The van der Waals surface area contributed by atoms with E-state index in [-0.39, 0.29) is 0 Å². The largest absolute Gasteiger partial charge is 0.497 e. The van der Waals surface area contributed by atoms with Gasteiger partial charge in [-0.25, -0.2) is 0 Å². The van der Waals surface area contributed by atoms with Gasteiger partial charge in [-0.05, 0) is 12.1 Å². The summed E-state index contributed by atoms with van der Waals surface area (Å²) < 4.78 is 9.80. The second-order valence-corrected chi connectivity index (χ2v) is 3.92. The Hall–Kier alpha value is -2.15. The zero-order valence-electron chi connectivity index (χ0n) is 9.71. The summed E-state index contributed by atoms with van der Waals surface area (Å²) in [5.74, 6) is 1.26. The number of rotatable bonds is 5. The van der Waals surface area contributed by atoms with E-state index < -0.39 is 0 Å². The van der Waals surface area contributed by atoms with E-state index in [1.54, 1.807) is 19.2 Å². The molecule has 18 heavy (non-hydrogen) atoms. The quantitative estimate of drug-likeness (QED) is 0.788. The number of hydrogen-bond donors (Lipinski definition) is 2. The second-order valence-electron chi connectivity index (χ2n) is 3.48. The van der Waals surface area contributed by atoms with Crippen molar-refractivity contribution in [3.63, 3.8) is 0 Å². The summed E-state index contributed by atoms with van der Waals surface area (Å²) in [7, 11) is 1.60. The molecule has 7 heteroatoms. The molecule has 1 heterocycles. The molecular weight excluding hydrogens is 252 g/mol. The second kappa shape index (κ2) is 5.46. The third-order valence-electron chi connectivity index (χ3n) is 2.34. The van der Waals surface area contributed by atoms with Crippen LogP contribution in [0.4, 0.5) is 5.69 Å². The van der Waals surface area contributed by atoms with Crippen LogP contribution in [0.25, 0.3) is 0 Å². The molecule has 0 amide bonds. The van der Waals surface area contributed by atoms with Gasteiger partial charge in [-0.2, -0.15) is 4.98 Å². The molecule has 1 aromatic heterocycles. The smallest absolute Gasteiger partial charge is 0.213 e. The fourth-order valence-electron chi connectivity index (χ4n) is 1.46. The fourth-order valence-corrected chi connectivity index (χ4v) is 1.63. The lowest BCUT2D eigenvalue weighted by Gasteiger charge is -2.11. The number of anilines is 1. The van der Waals surface area contributed by atoms with E-state index in [9.17, 15) is 0 Å². The number of methoxy groups -OCH3 is 1. The minimum atomic E-state index is 0.313. The average molecular weight is 264 g/mol. The number of benzene rings is 1. The van der Waals surface area contributed by atoms with Crippen LogP contribution in [0.5, 0.6) is 5.75 Å². The van der Waals surface area contributed by atoms with Crippen molar-refractivity contribution in [3.05, 3.63) is 36.0 Å². The molecule has 0 spiro atoms. The summed E-state index contributed by atoms with van der Waals surface area (Å²) in [5, 5.41) is 6.84. The Labute approximate surface area is 109 Å². The molecule has 6 nitrogen and oxygen atoms in total. The van der Waals surface area contributed by atoms with E-state index in [0.29, 0.717) is 23.1 Å². The molecule has 0 unspecified atom stereocenters. The topological polar surface area (TPSA) is 86.2 Å². The van der Waals surface area contributed by atoms with E-state index in [1.807, 2.05) is 6.07 Å². The summed E-state index contributed by atoms with van der Waals surface area (Å²) in [4.78, 5) is 4.23. The minimum absolute atomic E-state index is 0.313. The monoisotopic (exact) mass is 264 g/mol. The number of thiocarbonyl (C=S) groups is 1. The number of nitrogens with two attached hydrogens (primary N) is 1. The van der Waals surface area contributed by atoms with Crippen LogP contribution in [0.3, 0.4) is 0 Å². The molecular formula is C11H12N4O2S. The van der Waals surface area contributed by atoms with Crippen molar-refractivity contribution in [1.29, 1.82) is 0 Å². The summed E-state index contributed by atoms with van der Waals surface area (Å²) in [5.41, 5.74) is 7.17. The first-order valence-electron chi connectivity index (χ1n) is 5.17. The van der Waals surface area contributed by atoms with Gasteiger partial charge in [0.15, 0.2) is 5.82 Å². The molecule has 94 valence electrons. The van der Waals surface area contributed by atoms with Crippen LogP contribution in [0.15, 0.2) is 29.1 Å². The Kier molecular flexibility index (Phi) is 3.73. The maximum atomic E-state index is 5.66. The molecule has 1 aromatic carbocycles. The van der Waals surface area contributed by atoms with Crippen molar-refractivity contribution in [2.45, 2.75) is 6.54 Å². The van der Waals surface area contributed by atoms with E-state index in [4.69, 9.17) is 22.7 Å². The Morgan fingerprint density at radius 2 is 2.39 bits per heavy atom. The molecule has 0 radical (unpaired) electrons. The van der Waals surface area contributed by atoms with E-state index >= 15 is 0 Å².